The van der Waals surface area contributed by atoms with Gasteiger partial charge in [0.25, 0.3) is 5.91 Å². The normalized spacial score (nSPS) is 13.2. The van der Waals surface area contributed by atoms with E-state index in [0.717, 1.165) is 40.8 Å². The lowest BCUT2D eigenvalue weighted by Crippen LogP contribution is -2.23. The summed E-state index contributed by atoms with van der Waals surface area (Å²) in [5.74, 6) is 0.770. The Bertz CT molecular complexity index is 1180. The number of aromatic nitrogens is 3. The third kappa shape index (κ3) is 3.51. The molecule has 0 spiro atoms. The maximum atomic E-state index is 12.6. The molecule has 144 valence electrons. The molecule has 0 aliphatic heterocycles. The van der Waals surface area contributed by atoms with Crippen LogP contribution in [0.5, 0.6) is 0 Å². The summed E-state index contributed by atoms with van der Waals surface area (Å²) in [4.78, 5) is 21.5. The Hall–Kier alpha value is -3.47. The second kappa shape index (κ2) is 7.51. The maximum Gasteiger partial charge on any atom is 0.251 e. The van der Waals surface area contributed by atoms with E-state index >= 15 is 0 Å². The van der Waals surface area contributed by atoms with Crippen LogP contribution in [-0.4, -0.2) is 20.4 Å². The molecule has 5 nitrogen and oxygen atoms in total. The van der Waals surface area contributed by atoms with Crippen molar-refractivity contribution in [2.75, 3.05) is 0 Å². The number of pyridine rings is 1. The van der Waals surface area contributed by atoms with Gasteiger partial charge in [-0.2, -0.15) is 0 Å². The Morgan fingerprint density at radius 3 is 2.69 bits per heavy atom. The molecule has 29 heavy (non-hydrogen) atoms. The number of fused-ring (bicyclic) bond motifs is 2. The number of aryl methyl sites for hydroxylation is 2. The van der Waals surface area contributed by atoms with E-state index in [2.05, 4.69) is 27.4 Å². The first-order chi connectivity index (χ1) is 14.3. The summed E-state index contributed by atoms with van der Waals surface area (Å²) in [6, 6.07) is 18.0. The van der Waals surface area contributed by atoms with E-state index in [1.165, 1.54) is 24.0 Å². The topological polar surface area (TPSA) is 59.8 Å². The molecule has 0 atom stereocenters. The molecule has 4 aromatic rings. The van der Waals surface area contributed by atoms with E-state index in [1.807, 2.05) is 47.0 Å². The monoisotopic (exact) mass is 382 g/mol. The fourth-order valence-electron chi connectivity index (χ4n) is 3.96. The van der Waals surface area contributed by atoms with Gasteiger partial charge in [0, 0.05) is 18.3 Å². The minimum atomic E-state index is -0.0388. The van der Waals surface area contributed by atoms with Crippen molar-refractivity contribution in [2.24, 2.45) is 0 Å². The van der Waals surface area contributed by atoms with Crippen LogP contribution < -0.4 is 5.32 Å². The minimum absolute atomic E-state index is 0.0388. The lowest BCUT2D eigenvalue weighted by Gasteiger charge is -2.16. The number of rotatable bonds is 4. The molecule has 0 unspecified atom stereocenters. The van der Waals surface area contributed by atoms with E-state index in [0.29, 0.717) is 6.54 Å². The van der Waals surface area contributed by atoms with Gasteiger partial charge >= 0.3 is 0 Å². The maximum absolute atomic E-state index is 12.6. The molecule has 0 fully saturated rings. The minimum Gasteiger partial charge on any atom is -0.348 e. The molecule has 5 rings (SSSR count). The average molecular weight is 382 g/mol. The van der Waals surface area contributed by atoms with Crippen LogP contribution in [-0.2, 0) is 19.4 Å². The largest absolute Gasteiger partial charge is 0.348 e. The summed E-state index contributed by atoms with van der Waals surface area (Å²) in [5.41, 5.74) is 6.37. The molecular weight excluding hydrogens is 360 g/mol. The summed E-state index contributed by atoms with van der Waals surface area (Å²) in [7, 11) is 0. The van der Waals surface area contributed by atoms with E-state index in [4.69, 9.17) is 0 Å². The number of hydrogen-bond donors (Lipinski definition) is 1. The molecule has 2 heterocycles. The van der Waals surface area contributed by atoms with Gasteiger partial charge in [0.2, 0.25) is 0 Å². The van der Waals surface area contributed by atoms with Crippen LogP contribution in [0.15, 0.2) is 67.1 Å². The summed E-state index contributed by atoms with van der Waals surface area (Å²) < 4.78 is 1.96. The summed E-state index contributed by atoms with van der Waals surface area (Å²) >= 11 is 0. The van der Waals surface area contributed by atoms with Gasteiger partial charge in [0.15, 0.2) is 0 Å². The number of nitrogens with one attached hydrogen (secondary N) is 1. The number of amides is 1. The molecular formula is C24H22N4O. The molecule has 0 bridgehead atoms. The van der Waals surface area contributed by atoms with E-state index < -0.39 is 0 Å². The van der Waals surface area contributed by atoms with Crippen molar-refractivity contribution in [1.82, 2.24) is 19.9 Å². The van der Waals surface area contributed by atoms with Crippen molar-refractivity contribution in [3.63, 3.8) is 0 Å². The number of para-hydroxylation sites is 2. The zero-order chi connectivity index (χ0) is 19.6. The molecule has 1 aliphatic rings. The second-order valence-electron chi connectivity index (χ2n) is 7.50. The Labute approximate surface area is 169 Å². The van der Waals surface area contributed by atoms with Crippen molar-refractivity contribution in [3.05, 3.63) is 89.4 Å². The van der Waals surface area contributed by atoms with Crippen molar-refractivity contribution < 1.29 is 4.79 Å². The number of hydrogen-bond acceptors (Lipinski definition) is 3. The first kappa shape index (κ1) is 17.6. The van der Waals surface area contributed by atoms with Crippen molar-refractivity contribution in [3.8, 4) is 5.82 Å². The number of nitrogens with zero attached hydrogens (tertiary/aromatic N) is 3. The average Bonchev–Trinajstić information content (AvgIpc) is 3.22. The van der Waals surface area contributed by atoms with Crippen LogP contribution in [0.1, 0.15) is 39.9 Å². The highest BCUT2D eigenvalue weighted by Crippen LogP contribution is 2.22. The highest BCUT2D eigenvalue weighted by molar-refractivity contribution is 5.94. The molecule has 1 aliphatic carbocycles. The molecule has 0 saturated carbocycles. The fourth-order valence-corrected chi connectivity index (χ4v) is 3.96. The quantitative estimate of drug-likeness (QED) is 0.575. The third-order valence-corrected chi connectivity index (χ3v) is 5.57. The van der Waals surface area contributed by atoms with Crippen LogP contribution in [0.4, 0.5) is 0 Å². The zero-order valence-corrected chi connectivity index (χ0v) is 16.1. The Kier molecular flexibility index (Phi) is 4.56. The van der Waals surface area contributed by atoms with Crippen molar-refractivity contribution in [2.45, 2.75) is 32.2 Å². The molecule has 1 amide bonds. The van der Waals surface area contributed by atoms with Crippen LogP contribution in [0.25, 0.3) is 16.9 Å². The van der Waals surface area contributed by atoms with Gasteiger partial charge in [-0.25, -0.2) is 9.97 Å². The molecule has 0 radical (unpaired) electrons. The zero-order valence-electron chi connectivity index (χ0n) is 16.1. The summed E-state index contributed by atoms with van der Waals surface area (Å²) in [6.45, 7) is 0.452. The number of carbonyl (C=O) groups is 1. The highest BCUT2D eigenvalue weighted by Gasteiger charge is 2.13. The van der Waals surface area contributed by atoms with Gasteiger partial charge in [-0.05, 0) is 72.7 Å². The summed E-state index contributed by atoms with van der Waals surface area (Å²) in [6.07, 6.45) is 8.24. The predicted molar refractivity (Wildman–Crippen MR) is 113 cm³/mol. The Balaban J connectivity index is 1.27. The van der Waals surface area contributed by atoms with Crippen LogP contribution in [0, 0.1) is 0 Å². The Morgan fingerprint density at radius 2 is 1.83 bits per heavy atom. The van der Waals surface area contributed by atoms with E-state index in [9.17, 15) is 4.79 Å². The molecule has 0 saturated heterocycles. The van der Waals surface area contributed by atoms with Gasteiger partial charge in [-0.1, -0.05) is 24.3 Å². The lowest BCUT2D eigenvalue weighted by molar-refractivity contribution is 0.0950. The first-order valence-corrected chi connectivity index (χ1v) is 10.1. The van der Waals surface area contributed by atoms with Crippen LogP contribution >= 0.6 is 0 Å². The second-order valence-corrected chi connectivity index (χ2v) is 7.50. The van der Waals surface area contributed by atoms with E-state index in [-0.39, 0.29) is 5.91 Å². The highest BCUT2D eigenvalue weighted by atomic mass is 16.1. The molecule has 2 aromatic heterocycles. The number of imidazole rings is 1. The van der Waals surface area contributed by atoms with E-state index in [1.54, 1.807) is 12.5 Å². The molecule has 1 N–H and O–H groups in total. The number of carbonyl (C=O) groups excluding carboxylic acids is 1. The van der Waals surface area contributed by atoms with Crippen LogP contribution in [0.3, 0.4) is 0 Å². The number of benzene rings is 2. The van der Waals surface area contributed by atoms with Gasteiger partial charge in [0.05, 0.1) is 11.0 Å². The smallest absolute Gasteiger partial charge is 0.251 e. The SMILES string of the molecule is O=C(NCc1ccc(-n2cnc3ccccc32)nc1)c1ccc2c(c1)CCCC2. The Morgan fingerprint density at radius 1 is 0.966 bits per heavy atom. The predicted octanol–water partition coefficient (Wildman–Crippen LogP) is 4.23. The third-order valence-electron chi connectivity index (χ3n) is 5.57. The van der Waals surface area contributed by atoms with Crippen molar-refractivity contribution >= 4 is 16.9 Å². The first-order valence-electron chi connectivity index (χ1n) is 10.1. The van der Waals surface area contributed by atoms with Gasteiger partial charge in [0.1, 0.15) is 12.1 Å². The van der Waals surface area contributed by atoms with Gasteiger partial charge < -0.3 is 5.32 Å². The molecule has 5 heteroatoms. The molecule has 2 aromatic carbocycles. The summed E-state index contributed by atoms with van der Waals surface area (Å²) in [5, 5.41) is 3.01. The van der Waals surface area contributed by atoms with Gasteiger partial charge in [-0.15, -0.1) is 0 Å². The van der Waals surface area contributed by atoms with Crippen LogP contribution in [0.2, 0.25) is 0 Å². The van der Waals surface area contributed by atoms with Crippen molar-refractivity contribution in [1.29, 1.82) is 0 Å². The standard InChI is InChI=1S/C24H22N4O/c29-24(20-11-10-18-5-1-2-6-19(18)13-20)26-15-17-9-12-23(25-14-17)28-16-27-21-7-3-4-8-22(21)28/h3-4,7-14,16H,1-2,5-6,15H2,(H,26,29). The fraction of sp³-hybridized carbons (Fsp3) is 0.208. The lowest BCUT2D eigenvalue weighted by atomic mass is 9.90. The van der Waals surface area contributed by atoms with Gasteiger partial charge in [-0.3, -0.25) is 9.36 Å².